The van der Waals surface area contributed by atoms with Crippen LogP contribution >= 0.6 is 0 Å². The highest BCUT2D eigenvalue weighted by atomic mass is 16.3. The van der Waals surface area contributed by atoms with Gasteiger partial charge in [-0.25, -0.2) is 10.9 Å². The van der Waals surface area contributed by atoms with Gasteiger partial charge >= 0.3 is 0 Å². The van der Waals surface area contributed by atoms with E-state index < -0.39 is 6.04 Å². The van der Waals surface area contributed by atoms with E-state index in [1.165, 1.54) is 5.56 Å². The Hall–Kier alpha value is -2.41. The first-order valence-electron chi connectivity index (χ1n) is 9.83. The number of carbonyl (C=O) groups is 1. The van der Waals surface area contributed by atoms with E-state index in [0.29, 0.717) is 5.92 Å². The summed E-state index contributed by atoms with van der Waals surface area (Å²) in [7, 11) is 0. The zero-order valence-corrected chi connectivity index (χ0v) is 16.2. The maximum absolute atomic E-state index is 13.0. The van der Waals surface area contributed by atoms with Gasteiger partial charge in [-0.05, 0) is 23.1 Å². The molecule has 28 heavy (non-hydrogen) atoms. The zero-order valence-electron chi connectivity index (χ0n) is 16.2. The second kappa shape index (κ2) is 7.54. The lowest BCUT2D eigenvalue weighted by Crippen LogP contribution is -2.42. The molecule has 2 aromatic carbocycles. The fraction of sp³-hybridized carbons (Fsp3) is 0.409. The molecule has 0 aromatic heterocycles. The van der Waals surface area contributed by atoms with Gasteiger partial charge in [0.25, 0.3) is 0 Å². The number of phenols is 1. The van der Waals surface area contributed by atoms with E-state index in [-0.39, 0.29) is 42.8 Å². The highest BCUT2D eigenvalue weighted by Gasteiger charge is 2.55. The summed E-state index contributed by atoms with van der Waals surface area (Å²) in [6, 6.07) is 14.8. The van der Waals surface area contributed by atoms with Gasteiger partial charge in [0.2, 0.25) is 5.91 Å². The predicted octanol–water partition coefficient (Wildman–Crippen LogP) is 2.23. The Morgan fingerprint density at radius 3 is 2.36 bits per heavy atom. The molecule has 2 aromatic rings. The first kappa shape index (κ1) is 18.9. The minimum atomic E-state index is -0.397. The molecule has 2 fully saturated rings. The summed E-state index contributed by atoms with van der Waals surface area (Å²) in [5.41, 5.74) is 9.41. The van der Waals surface area contributed by atoms with E-state index in [4.69, 9.17) is 0 Å². The van der Waals surface area contributed by atoms with E-state index in [1.807, 2.05) is 12.1 Å². The first-order valence-corrected chi connectivity index (χ1v) is 9.83. The molecule has 0 saturated carbocycles. The number of para-hydroxylation sites is 1. The van der Waals surface area contributed by atoms with Gasteiger partial charge in [-0.15, -0.1) is 0 Å². The molecule has 2 aliphatic rings. The minimum absolute atomic E-state index is 0.0255. The normalized spacial score (nSPS) is 26.9. The molecule has 1 amide bonds. The number of hydrazine groups is 1. The molecule has 4 N–H and O–H groups in total. The van der Waals surface area contributed by atoms with Gasteiger partial charge in [0.1, 0.15) is 11.8 Å². The monoisotopic (exact) mass is 381 g/mol. The van der Waals surface area contributed by atoms with Gasteiger partial charge in [-0.2, -0.15) is 0 Å². The van der Waals surface area contributed by atoms with Crippen molar-refractivity contribution in [2.75, 3.05) is 13.2 Å². The van der Waals surface area contributed by atoms with Crippen molar-refractivity contribution >= 4 is 5.91 Å². The van der Waals surface area contributed by atoms with Crippen molar-refractivity contribution in [3.8, 4) is 5.75 Å². The minimum Gasteiger partial charge on any atom is -0.508 e. The summed E-state index contributed by atoms with van der Waals surface area (Å²) < 4.78 is 0. The Kier molecular flexibility index (Phi) is 5.10. The fourth-order valence-corrected chi connectivity index (χ4v) is 4.55. The third kappa shape index (κ3) is 3.07. The number of hydrogen-bond donors (Lipinski definition) is 4. The molecule has 0 bridgehead atoms. The van der Waals surface area contributed by atoms with Crippen LogP contribution in [0.5, 0.6) is 5.75 Å². The van der Waals surface area contributed by atoms with E-state index in [0.717, 1.165) is 11.1 Å². The topological polar surface area (TPSA) is 84.8 Å². The van der Waals surface area contributed by atoms with Crippen LogP contribution in [0.4, 0.5) is 0 Å². The number of likely N-dealkylation sites (tertiary alicyclic amines) is 1. The number of rotatable bonds is 5. The average molecular weight is 381 g/mol. The van der Waals surface area contributed by atoms with Crippen LogP contribution < -0.4 is 10.9 Å². The van der Waals surface area contributed by atoms with E-state index in [2.05, 4.69) is 49.0 Å². The highest BCUT2D eigenvalue weighted by Crippen LogP contribution is 2.48. The van der Waals surface area contributed by atoms with Crippen molar-refractivity contribution in [2.24, 2.45) is 5.92 Å². The highest BCUT2D eigenvalue weighted by molar-refractivity contribution is 5.86. The van der Waals surface area contributed by atoms with Crippen molar-refractivity contribution in [1.29, 1.82) is 0 Å². The number of nitrogens with one attached hydrogen (secondary N) is 2. The number of aliphatic hydroxyl groups excluding tert-OH is 1. The lowest BCUT2D eigenvalue weighted by Gasteiger charge is -2.31. The van der Waals surface area contributed by atoms with Crippen molar-refractivity contribution < 1.29 is 15.0 Å². The van der Waals surface area contributed by atoms with Gasteiger partial charge in [0.05, 0.1) is 18.7 Å². The first-order chi connectivity index (χ1) is 13.5. The second-order valence-electron chi connectivity index (χ2n) is 7.90. The van der Waals surface area contributed by atoms with Crippen molar-refractivity contribution in [2.45, 2.75) is 37.9 Å². The molecule has 0 spiro atoms. The quantitative estimate of drug-likeness (QED) is 0.638. The van der Waals surface area contributed by atoms with E-state index >= 15 is 0 Å². The molecule has 6 heteroatoms. The Bertz CT molecular complexity index is 852. The Labute approximate surface area is 165 Å². The number of amides is 1. The summed E-state index contributed by atoms with van der Waals surface area (Å²) in [5.74, 6) is 0.522. The summed E-state index contributed by atoms with van der Waals surface area (Å²) in [6.45, 7) is 4.51. The third-order valence-electron chi connectivity index (χ3n) is 5.97. The number of carbonyl (C=O) groups excluding carboxylic acids is 1. The van der Waals surface area contributed by atoms with Crippen LogP contribution in [0.3, 0.4) is 0 Å². The molecule has 6 nitrogen and oxygen atoms in total. The smallest absolute Gasteiger partial charge is 0.242 e. The Morgan fingerprint density at radius 1 is 1.04 bits per heavy atom. The molecule has 4 atom stereocenters. The number of benzene rings is 2. The molecule has 0 radical (unpaired) electrons. The Morgan fingerprint density at radius 2 is 1.71 bits per heavy atom. The van der Waals surface area contributed by atoms with Gasteiger partial charge in [-0.3, -0.25) is 4.79 Å². The second-order valence-corrected chi connectivity index (χ2v) is 7.90. The van der Waals surface area contributed by atoms with Gasteiger partial charge < -0.3 is 15.1 Å². The van der Waals surface area contributed by atoms with E-state index in [9.17, 15) is 15.0 Å². The van der Waals surface area contributed by atoms with Crippen LogP contribution in [0.1, 0.15) is 48.5 Å². The molecule has 2 heterocycles. The van der Waals surface area contributed by atoms with Gasteiger partial charge in [-0.1, -0.05) is 56.3 Å². The molecular weight excluding hydrogens is 354 g/mol. The molecule has 4 unspecified atom stereocenters. The molecule has 148 valence electrons. The lowest BCUT2D eigenvalue weighted by atomic mass is 9.82. The SMILES string of the molecule is CC(C)c1ccc(C2C3C(NNC3c3ccccc3O)C(=O)N2CCO)cc1. The standard InChI is InChI=1S/C22H27N3O3/c1-13(2)14-7-9-15(10-8-14)21-18-19(16-5-3-4-6-17(16)27)23-24-20(18)22(28)25(21)11-12-26/h3-10,13,18-21,23-24,26-27H,11-12H2,1-2H3. The van der Waals surface area contributed by atoms with Crippen LogP contribution in [-0.2, 0) is 4.79 Å². The summed E-state index contributed by atoms with van der Waals surface area (Å²) in [4.78, 5) is 14.8. The molecule has 4 rings (SSSR count). The predicted molar refractivity (Wildman–Crippen MR) is 106 cm³/mol. The van der Waals surface area contributed by atoms with E-state index in [1.54, 1.807) is 17.0 Å². The number of nitrogens with zero attached hydrogens (tertiary/aromatic N) is 1. The maximum Gasteiger partial charge on any atom is 0.242 e. The zero-order chi connectivity index (χ0) is 19.8. The number of hydrogen-bond acceptors (Lipinski definition) is 5. The molecule has 2 saturated heterocycles. The van der Waals surface area contributed by atoms with Crippen LogP contribution in [0.2, 0.25) is 0 Å². The largest absolute Gasteiger partial charge is 0.508 e. The number of fused-ring (bicyclic) bond motifs is 1. The van der Waals surface area contributed by atoms with Crippen LogP contribution in [0, 0.1) is 5.92 Å². The number of aromatic hydroxyl groups is 1. The van der Waals surface area contributed by atoms with Crippen LogP contribution in [0.25, 0.3) is 0 Å². The van der Waals surface area contributed by atoms with Crippen molar-refractivity contribution in [1.82, 2.24) is 15.8 Å². The van der Waals surface area contributed by atoms with Crippen molar-refractivity contribution in [3.63, 3.8) is 0 Å². The fourth-order valence-electron chi connectivity index (χ4n) is 4.55. The Balaban J connectivity index is 1.75. The molecule has 0 aliphatic carbocycles. The summed E-state index contributed by atoms with van der Waals surface area (Å²) in [6.07, 6.45) is 0. The maximum atomic E-state index is 13.0. The van der Waals surface area contributed by atoms with Crippen LogP contribution in [-0.4, -0.2) is 40.2 Å². The average Bonchev–Trinajstić information content (AvgIpc) is 3.22. The number of aliphatic hydroxyl groups is 1. The van der Waals surface area contributed by atoms with Gasteiger partial charge in [0.15, 0.2) is 0 Å². The molecular formula is C22H27N3O3. The van der Waals surface area contributed by atoms with Gasteiger partial charge in [0, 0.05) is 18.0 Å². The molecule has 2 aliphatic heterocycles. The number of β-amino-alcohol motifs (C(OH)–C–C–N with tert-alkyl or cyclic N) is 1. The summed E-state index contributed by atoms with van der Waals surface area (Å²) >= 11 is 0. The number of phenolic OH excluding ortho intramolecular Hbond substituents is 1. The van der Waals surface area contributed by atoms with Crippen LogP contribution in [0.15, 0.2) is 48.5 Å². The summed E-state index contributed by atoms with van der Waals surface area (Å²) in [5, 5.41) is 19.9. The lowest BCUT2D eigenvalue weighted by molar-refractivity contribution is -0.131. The third-order valence-corrected chi connectivity index (χ3v) is 5.97. The van der Waals surface area contributed by atoms with Crippen molar-refractivity contribution in [3.05, 3.63) is 65.2 Å².